The molecule has 0 aliphatic heterocycles. The number of hydrogen-bond acceptors (Lipinski definition) is 4. The van der Waals surface area contributed by atoms with Crippen LogP contribution in [0.15, 0.2) is 30.6 Å². The average Bonchev–Trinajstić information content (AvgIpc) is 2.20. The molecule has 0 aliphatic carbocycles. The van der Waals surface area contributed by atoms with Crippen molar-refractivity contribution in [2.24, 2.45) is 0 Å². The van der Waals surface area contributed by atoms with Crippen LogP contribution >= 0.6 is 0 Å². The van der Waals surface area contributed by atoms with Crippen LogP contribution in [-0.2, 0) is 0 Å². The number of nitrogen functional groups attached to an aromatic ring is 1. The van der Waals surface area contributed by atoms with E-state index >= 15 is 0 Å². The van der Waals surface area contributed by atoms with Gasteiger partial charge in [-0.15, -0.1) is 10.2 Å². The van der Waals surface area contributed by atoms with Crippen LogP contribution in [0.3, 0.4) is 0 Å². The van der Waals surface area contributed by atoms with E-state index in [0.717, 1.165) is 16.8 Å². The molecule has 4 nitrogen and oxygen atoms in total. The van der Waals surface area contributed by atoms with Gasteiger partial charge < -0.3 is 5.73 Å². The van der Waals surface area contributed by atoms with Gasteiger partial charge in [-0.1, -0.05) is 0 Å². The zero-order valence-electron chi connectivity index (χ0n) is 7.81. The SMILES string of the molecule is Cc1cnccc1-c1ccc(N)nn1. The Morgan fingerprint density at radius 1 is 1.14 bits per heavy atom. The molecule has 0 spiro atoms. The van der Waals surface area contributed by atoms with E-state index in [1.807, 2.05) is 19.1 Å². The molecule has 14 heavy (non-hydrogen) atoms. The summed E-state index contributed by atoms with van der Waals surface area (Å²) in [7, 11) is 0. The Morgan fingerprint density at radius 3 is 2.64 bits per heavy atom. The van der Waals surface area contributed by atoms with Crippen molar-refractivity contribution in [2.75, 3.05) is 5.73 Å². The largest absolute Gasteiger partial charge is 0.382 e. The summed E-state index contributed by atoms with van der Waals surface area (Å²) in [6.07, 6.45) is 3.54. The van der Waals surface area contributed by atoms with Crippen molar-refractivity contribution in [1.29, 1.82) is 0 Å². The molecule has 2 aromatic rings. The van der Waals surface area contributed by atoms with Gasteiger partial charge in [0.2, 0.25) is 0 Å². The van der Waals surface area contributed by atoms with Gasteiger partial charge in [-0.3, -0.25) is 4.98 Å². The Balaban J connectivity index is 2.50. The highest BCUT2D eigenvalue weighted by Crippen LogP contribution is 2.19. The summed E-state index contributed by atoms with van der Waals surface area (Å²) >= 11 is 0. The summed E-state index contributed by atoms with van der Waals surface area (Å²) in [5.41, 5.74) is 8.39. The first-order valence-electron chi connectivity index (χ1n) is 4.27. The Hall–Kier alpha value is -1.97. The molecule has 70 valence electrons. The molecule has 0 bridgehead atoms. The molecule has 2 aromatic heterocycles. The first kappa shape index (κ1) is 8.62. The number of pyridine rings is 1. The summed E-state index contributed by atoms with van der Waals surface area (Å²) in [6, 6.07) is 5.50. The lowest BCUT2D eigenvalue weighted by atomic mass is 10.1. The molecule has 0 unspecified atom stereocenters. The second-order valence-corrected chi connectivity index (χ2v) is 3.03. The minimum absolute atomic E-state index is 0.431. The van der Waals surface area contributed by atoms with Crippen molar-refractivity contribution >= 4 is 5.82 Å². The quantitative estimate of drug-likeness (QED) is 0.731. The summed E-state index contributed by atoms with van der Waals surface area (Å²) < 4.78 is 0. The van der Waals surface area contributed by atoms with Gasteiger partial charge in [0.25, 0.3) is 0 Å². The highest BCUT2D eigenvalue weighted by atomic mass is 15.1. The van der Waals surface area contributed by atoms with Crippen molar-refractivity contribution in [3.63, 3.8) is 0 Å². The maximum Gasteiger partial charge on any atom is 0.146 e. The summed E-state index contributed by atoms with van der Waals surface area (Å²) in [5.74, 6) is 0.431. The van der Waals surface area contributed by atoms with E-state index in [-0.39, 0.29) is 0 Å². The molecule has 0 aromatic carbocycles. The zero-order valence-corrected chi connectivity index (χ0v) is 7.81. The summed E-state index contributed by atoms with van der Waals surface area (Å²) in [6.45, 7) is 1.99. The van der Waals surface area contributed by atoms with E-state index in [1.165, 1.54) is 0 Å². The predicted octanol–water partition coefficient (Wildman–Crippen LogP) is 1.43. The van der Waals surface area contributed by atoms with Gasteiger partial charge in [-0.2, -0.15) is 0 Å². The molecule has 0 atom stereocenters. The van der Waals surface area contributed by atoms with Crippen LogP contribution in [0.5, 0.6) is 0 Å². The normalized spacial score (nSPS) is 10.1. The molecular weight excluding hydrogens is 176 g/mol. The first-order valence-corrected chi connectivity index (χ1v) is 4.27. The Bertz CT molecular complexity index is 436. The second kappa shape index (κ2) is 3.41. The van der Waals surface area contributed by atoms with Crippen molar-refractivity contribution in [3.8, 4) is 11.3 Å². The number of nitrogens with zero attached hydrogens (tertiary/aromatic N) is 3. The van der Waals surface area contributed by atoms with Gasteiger partial charge in [0.1, 0.15) is 5.82 Å². The number of rotatable bonds is 1. The molecule has 0 amide bonds. The minimum Gasteiger partial charge on any atom is -0.382 e. The van der Waals surface area contributed by atoms with Crippen LogP contribution in [0.1, 0.15) is 5.56 Å². The van der Waals surface area contributed by atoms with Crippen molar-refractivity contribution < 1.29 is 0 Å². The maximum atomic E-state index is 5.46. The minimum atomic E-state index is 0.431. The lowest BCUT2D eigenvalue weighted by molar-refractivity contribution is 1.04. The monoisotopic (exact) mass is 186 g/mol. The first-order chi connectivity index (χ1) is 6.77. The second-order valence-electron chi connectivity index (χ2n) is 3.03. The van der Waals surface area contributed by atoms with Crippen LogP contribution in [-0.4, -0.2) is 15.2 Å². The van der Waals surface area contributed by atoms with E-state index in [2.05, 4.69) is 15.2 Å². The van der Waals surface area contributed by atoms with E-state index < -0.39 is 0 Å². The fourth-order valence-electron chi connectivity index (χ4n) is 1.25. The third-order valence-electron chi connectivity index (χ3n) is 1.98. The van der Waals surface area contributed by atoms with Gasteiger partial charge in [-0.25, -0.2) is 0 Å². The molecule has 0 fully saturated rings. The van der Waals surface area contributed by atoms with Gasteiger partial charge in [0.15, 0.2) is 0 Å². The molecule has 2 heterocycles. The Labute approximate surface area is 81.8 Å². The van der Waals surface area contributed by atoms with E-state index in [9.17, 15) is 0 Å². The maximum absolute atomic E-state index is 5.46. The van der Waals surface area contributed by atoms with Crippen LogP contribution in [0.4, 0.5) is 5.82 Å². The molecule has 0 aliphatic rings. The number of hydrogen-bond donors (Lipinski definition) is 1. The highest BCUT2D eigenvalue weighted by Gasteiger charge is 2.02. The third-order valence-corrected chi connectivity index (χ3v) is 1.98. The number of aryl methyl sites for hydroxylation is 1. The molecule has 4 heteroatoms. The smallest absolute Gasteiger partial charge is 0.146 e. The lowest BCUT2D eigenvalue weighted by Crippen LogP contribution is -1.95. The van der Waals surface area contributed by atoms with Crippen LogP contribution in [0.25, 0.3) is 11.3 Å². The van der Waals surface area contributed by atoms with E-state index in [4.69, 9.17) is 5.73 Å². The topological polar surface area (TPSA) is 64.7 Å². The van der Waals surface area contributed by atoms with Gasteiger partial charge in [0.05, 0.1) is 5.69 Å². The van der Waals surface area contributed by atoms with Gasteiger partial charge in [0, 0.05) is 18.0 Å². The van der Waals surface area contributed by atoms with Crippen molar-refractivity contribution in [1.82, 2.24) is 15.2 Å². The number of anilines is 1. The molecule has 2 N–H and O–H groups in total. The summed E-state index contributed by atoms with van der Waals surface area (Å²) in [5, 5.41) is 7.81. The third kappa shape index (κ3) is 1.54. The Morgan fingerprint density at radius 2 is 2.00 bits per heavy atom. The van der Waals surface area contributed by atoms with E-state index in [1.54, 1.807) is 18.5 Å². The van der Waals surface area contributed by atoms with Gasteiger partial charge >= 0.3 is 0 Å². The number of nitrogens with two attached hydrogens (primary N) is 1. The zero-order chi connectivity index (χ0) is 9.97. The fourth-order valence-corrected chi connectivity index (χ4v) is 1.25. The average molecular weight is 186 g/mol. The van der Waals surface area contributed by atoms with Crippen LogP contribution in [0.2, 0.25) is 0 Å². The predicted molar refractivity (Wildman–Crippen MR) is 54.4 cm³/mol. The standard InChI is InChI=1S/C10H10N4/c1-7-6-12-5-4-8(7)9-2-3-10(11)14-13-9/h2-6H,1H3,(H2,11,14). The lowest BCUT2D eigenvalue weighted by Gasteiger charge is -2.02. The molecule has 0 saturated carbocycles. The van der Waals surface area contributed by atoms with Crippen molar-refractivity contribution in [3.05, 3.63) is 36.2 Å². The fraction of sp³-hybridized carbons (Fsp3) is 0.100. The molecular formula is C10H10N4. The van der Waals surface area contributed by atoms with Crippen LogP contribution < -0.4 is 5.73 Å². The van der Waals surface area contributed by atoms with E-state index in [0.29, 0.717) is 5.82 Å². The molecule has 0 radical (unpaired) electrons. The highest BCUT2D eigenvalue weighted by molar-refractivity contribution is 5.62. The number of aromatic nitrogens is 3. The molecule has 0 saturated heterocycles. The summed E-state index contributed by atoms with van der Waals surface area (Å²) in [4.78, 5) is 4.02. The van der Waals surface area contributed by atoms with Gasteiger partial charge in [-0.05, 0) is 30.7 Å². The van der Waals surface area contributed by atoms with Crippen LogP contribution in [0, 0.1) is 6.92 Å². The Kier molecular flexibility index (Phi) is 2.10. The van der Waals surface area contributed by atoms with Crippen molar-refractivity contribution in [2.45, 2.75) is 6.92 Å². The molecule has 2 rings (SSSR count).